The molecule has 0 aromatic heterocycles. The zero-order chi connectivity index (χ0) is 15.6. The molecule has 0 aromatic rings. The molecule has 0 spiro atoms. The first-order chi connectivity index (χ1) is 9.06. The van der Waals surface area contributed by atoms with Gasteiger partial charge in [-0.1, -0.05) is 34.1 Å². The van der Waals surface area contributed by atoms with Crippen LogP contribution >= 0.6 is 0 Å². The molecule has 2 N–H and O–H groups in total. The minimum Gasteiger partial charge on any atom is -0.329 e. The number of sulfonamides is 1. The predicted octanol–water partition coefficient (Wildman–Crippen LogP) is 2.59. The van der Waals surface area contributed by atoms with E-state index in [0.717, 1.165) is 31.6 Å². The van der Waals surface area contributed by atoms with Crippen LogP contribution in [0.5, 0.6) is 0 Å². The Morgan fingerprint density at radius 2 is 1.75 bits per heavy atom. The van der Waals surface area contributed by atoms with Gasteiger partial charge < -0.3 is 5.73 Å². The van der Waals surface area contributed by atoms with E-state index >= 15 is 0 Å². The summed E-state index contributed by atoms with van der Waals surface area (Å²) >= 11 is 0. The van der Waals surface area contributed by atoms with Crippen molar-refractivity contribution in [1.82, 2.24) is 4.31 Å². The quantitative estimate of drug-likeness (QED) is 0.849. The maximum Gasteiger partial charge on any atom is 0.214 e. The number of likely N-dealkylation sites (N-methyl/N-ethyl adjacent to an activating group) is 1. The fraction of sp³-hybridized carbons (Fsp3) is 1.00. The van der Waals surface area contributed by atoms with Crippen LogP contribution in [0, 0.1) is 11.3 Å². The first-order valence-corrected chi connectivity index (χ1v) is 9.34. The topological polar surface area (TPSA) is 63.4 Å². The van der Waals surface area contributed by atoms with Gasteiger partial charge >= 0.3 is 0 Å². The molecule has 0 amide bonds. The molecule has 0 heterocycles. The molecule has 4 nitrogen and oxygen atoms in total. The zero-order valence-electron chi connectivity index (χ0n) is 13.8. The zero-order valence-corrected chi connectivity index (χ0v) is 14.6. The molecule has 0 saturated heterocycles. The molecule has 0 unspecified atom stereocenters. The van der Waals surface area contributed by atoms with Gasteiger partial charge in [0.15, 0.2) is 0 Å². The molecule has 20 heavy (non-hydrogen) atoms. The van der Waals surface area contributed by atoms with Crippen molar-refractivity contribution in [2.45, 2.75) is 65.3 Å². The van der Waals surface area contributed by atoms with Crippen LogP contribution in [0.15, 0.2) is 0 Å². The van der Waals surface area contributed by atoms with E-state index in [2.05, 4.69) is 6.92 Å². The minimum atomic E-state index is -3.26. The second kappa shape index (κ2) is 6.32. The summed E-state index contributed by atoms with van der Waals surface area (Å²) in [7, 11) is -1.54. The summed E-state index contributed by atoms with van der Waals surface area (Å²) in [4.78, 5) is 0. The van der Waals surface area contributed by atoms with Gasteiger partial charge in [-0.15, -0.1) is 0 Å². The van der Waals surface area contributed by atoms with E-state index < -0.39 is 10.0 Å². The monoisotopic (exact) mass is 304 g/mol. The lowest BCUT2D eigenvalue weighted by atomic mass is 9.75. The van der Waals surface area contributed by atoms with Gasteiger partial charge in [0.05, 0.1) is 5.75 Å². The smallest absolute Gasteiger partial charge is 0.214 e. The molecular formula is C15H32N2O2S. The van der Waals surface area contributed by atoms with E-state index in [1.165, 1.54) is 6.42 Å². The van der Waals surface area contributed by atoms with Crippen LogP contribution in [0.1, 0.15) is 59.8 Å². The summed E-state index contributed by atoms with van der Waals surface area (Å²) < 4.78 is 26.9. The van der Waals surface area contributed by atoms with Crippen molar-refractivity contribution in [2.75, 3.05) is 19.3 Å². The molecule has 120 valence electrons. The van der Waals surface area contributed by atoms with Crippen molar-refractivity contribution in [2.24, 2.45) is 17.1 Å². The Labute approximate surface area is 125 Å². The molecule has 1 aliphatic rings. The van der Waals surface area contributed by atoms with Crippen LogP contribution in [0.2, 0.25) is 0 Å². The second-order valence-corrected chi connectivity index (χ2v) is 9.56. The molecule has 0 aromatic carbocycles. The lowest BCUT2D eigenvalue weighted by Crippen LogP contribution is -2.57. The van der Waals surface area contributed by atoms with Crippen molar-refractivity contribution in [3.8, 4) is 0 Å². The Morgan fingerprint density at radius 1 is 1.25 bits per heavy atom. The summed E-state index contributed by atoms with van der Waals surface area (Å²) in [6.07, 6.45) is 5.13. The lowest BCUT2D eigenvalue weighted by molar-refractivity contribution is 0.128. The number of rotatable bonds is 5. The molecule has 1 rings (SSSR count). The van der Waals surface area contributed by atoms with Crippen LogP contribution in [-0.2, 0) is 10.0 Å². The molecule has 0 atom stereocenters. The molecular weight excluding hydrogens is 272 g/mol. The summed E-state index contributed by atoms with van der Waals surface area (Å²) in [5.41, 5.74) is 5.38. The molecule has 5 heteroatoms. The molecule has 1 aliphatic carbocycles. The average molecular weight is 305 g/mol. The number of hydrogen-bond donors (Lipinski definition) is 1. The first-order valence-electron chi connectivity index (χ1n) is 7.73. The summed E-state index contributed by atoms with van der Waals surface area (Å²) in [5.74, 6) is 0.906. The Balaban J connectivity index is 2.90. The summed E-state index contributed by atoms with van der Waals surface area (Å²) in [5, 5.41) is 0. The Kier molecular flexibility index (Phi) is 5.67. The van der Waals surface area contributed by atoms with Crippen LogP contribution in [-0.4, -0.2) is 37.6 Å². The van der Waals surface area contributed by atoms with Gasteiger partial charge in [0, 0.05) is 19.1 Å². The van der Waals surface area contributed by atoms with Crippen LogP contribution in [0.3, 0.4) is 0 Å². The molecule has 0 bridgehead atoms. The van der Waals surface area contributed by atoms with Crippen molar-refractivity contribution >= 4 is 10.0 Å². The first kappa shape index (κ1) is 17.9. The van der Waals surface area contributed by atoms with Crippen LogP contribution in [0.25, 0.3) is 0 Å². The third kappa shape index (κ3) is 4.18. The molecule has 1 fully saturated rings. The normalized spacial score (nSPS) is 28.9. The highest BCUT2D eigenvalue weighted by atomic mass is 32.2. The standard InChI is InChI=1S/C15H32N2O2S/c1-6-13-7-9-15(11-16,10-8-13)17(5)20(18,19)12-14(2,3)4/h13H,6-12,16H2,1-5H3. The number of nitrogens with zero attached hydrogens (tertiary/aromatic N) is 1. The van der Waals surface area contributed by atoms with E-state index in [1.807, 2.05) is 20.8 Å². The number of nitrogens with two attached hydrogens (primary N) is 1. The SMILES string of the molecule is CCC1CCC(CN)(N(C)S(=O)(=O)CC(C)(C)C)CC1. The van der Waals surface area contributed by atoms with E-state index in [4.69, 9.17) is 5.73 Å². The van der Waals surface area contributed by atoms with Gasteiger partial charge in [0.1, 0.15) is 0 Å². The summed E-state index contributed by atoms with van der Waals surface area (Å²) in [6, 6.07) is 0. The van der Waals surface area contributed by atoms with Crippen molar-refractivity contribution in [3.05, 3.63) is 0 Å². The van der Waals surface area contributed by atoms with E-state index in [1.54, 1.807) is 11.4 Å². The largest absolute Gasteiger partial charge is 0.329 e. The highest BCUT2D eigenvalue weighted by Crippen LogP contribution is 2.38. The van der Waals surface area contributed by atoms with Gasteiger partial charge in [-0.05, 0) is 37.0 Å². The molecule has 0 radical (unpaired) electrons. The highest BCUT2D eigenvalue weighted by Gasteiger charge is 2.43. The van der Waals surface area contributed by atoms with E-state index in [-0.39, 0.29) is 16.7 Å². The van der Waals surface area contributed by atoms with Gasteiger partial charge in [0.25, 0.3) is 0 Å². The van der Waals surface area contributed by atoms with Crippen molar-refractivity contribution in [3.63, 3.8) is 0 Å². The maximum atomic E-state index is 12.6. The third-order valence-corrected chi connectivity index (χ3v) is 7.15. The van der Waals surface area contributed by atoms with Crippen LogP contribution < -0.4 is 5.73 Å². The Bertz CT molecular complexity index is 404. The van der Waals surface area contributed by atoms with Gasteiger partial charge in [-0.2, -0.15) is 4.31 Å². The Morgan fingerprint density at radius 3 is 2.10 bits per heavy atom. The van der Waals surface area contributed by atoms with Crippen molar-refractivity contribution < 1.29 is 8.42 Å². The maximum absolute atomic E-state index is 12.6. The van der Waals surface area contributed by atoms with E-state index in [9.17, 15) is 8.42 Å². The Hall–Kier alpha value is -0.130. The average Bonchev–Trinajstić information content (AvgIpc) is 2.35. The van der Waals surface area contributed by atoms with Crippen molar-refractivity contribution in [1.29, 1.82) is 0 Å². The fourth-order valence-corrected chi connectivity index (χ4v) is 5.35. The predicted molar refractivity (Wildman–Crippen MR) is 85.0 cm³/mol. The summed E-state index contributed by atoms with van der Waals surface area (Å²) in [6.45, 7) is 8.51. The second-order valence-electron chi connectivity index (χ2n) is 7.56. The third-order valence-electron chi connectivity index (χ3n) is 4.69. The fourth-order valence-electron chi connectivity index (χ4n) is 3.21. The van der Waals surface area contributed by atoms with Gasteiger partial charge in [-0.25, -0.2) is 8.42 Å². The van der Waals surface area contributed by atoms with E-state index in [0.29, 0.717) is 6.54 Å². The molecule has 0 aliphatic heterocycles. The van der Waals surface area contributed by atoms with Gasteiger partial charge in [-0.3, -0.25) is 0 Å². The molecule has 1 saturated carbocycles. The lowest BCUT2D eigenvalue weighted by Gasteiger charge is -2.45. The number of hydrogen-bond acceptors (Lipinski definition) is 3. The minimum absolute atomic E-state index is 0.176. The van der Waals surface area contributed by atoms with Crippen LogP contribution in [0.4, 0.5) is 0 Å². The highest BCUT2D eigenvalue weighted by molar-refractivity contribution is 7.89. The van der Waals surface area contributed by atoms with Gasteiger partial charge in [0.2, 0.25) is 10.0 Å².